The molecule has 0 aliphatic carbocycles. The first-order chi connectivity index (χ1) is 18.7. The van der Waals surface area contributed by atoms with Crippen molar-refractivity contribution in [3.63, 3.8) is 0 Å². The third kappa shape index (κ3) is 7.63. The van der Waals surface area contributed by atoms with Crippen molar-refractivity contribution in [2.24, 2.45) is 0 Å². The number of carbonyl (C=O) groups excluding carboxylic acids is 2. The fourth-order valence-electron chi connectivity index (χ4n) is 3.94. The van der Waals surface area contributed by atoms with Crippen LogP contribution in [0.15, 0.2) is 82.2 Å². The van der Waals surface area contributed by atoms with E-state index in [1.54, 1.807) is 50.2 Å². The number of nitrogens with zero attached hydrogens (tertiary/aromatic N) is 2. The van der Waals surface area contributed by atoms with Crippen LogP contribution in [0.4, 0.5) is 18.9 Å². The molecule has 2 amide bonds. The second kappa shape index (κ2) is 12.9. The number of hydrogen-bond acceptors (Lipinski definition) is 4. The van der Waals surface area contributed by atoms with E-state index in [1.165, 1.54) is 30.0 Å². The highest BCUT2D eigenvalue weighted by Crippen LogP contribution is 2.33. The Morgan fingerprint density at radius 3 is 2.25 bits per heavy atom. The van der Waals surface area contributed by atoms with Crippen molar-refractivity contribution in [1.29, 1.82) is 0 Å². The minimum Gasteiger partial charge on any atom is -0.355 e. The maximum atomic E-state index is 13.8. The first-order valence-electron chi connectivity index (χ1n) is 12.3. The highest BCUT2D eigenvalue weighted by molar-refractivity contribution is 9.10. The van der Waals surface area contributed by atoms with E-state index in [9.17, 15) is 31.2 Å². The number of hydrogen-bond donors (Lipinski definition) is 1. The normalized spacial score (nSPS) is 12.5. The second-order valence-electron chi connectivity index (χ2n) is 9.09. The molecule has 0 saturated carbocycles. The molecule has 40 heavy (non-hydrogen) atoms. The highest BCUT2D eigenvalue weighted by atomic mass is 79.9. The Kier molecular flexibility index (Phi) is 10.0. The number of alkyl halides is 3. The van der Waals surface area contributed by atoms with E-state index in [0.29, 0.717) is 22.5 Å². The zero-order valence-electron chi connectivity index (χ0n) is 22.1. The lowest BCUT2D eigenvalue weighted by atomic mass is 10.1. The number of nitrogens with one attached hydrogen (secondary N) is 1. The van der Waals surface area contributed by atoms with Gasteiger partial charge in [-0.25, -0.2) is 8.42 Å². The first kappa shape index (κ1) is 31.2. The summed E-state index contributed by atoms with van der Waals surface area (Å²) in [4.78, 5) is 27.5. The van der Waals surface area contributed by atoms with Gasteiger partial charge in [0, 0.05) is 17.6 Å². The van der Waals surface area contributed by atoms with Crippen LogP contribution in [0.3, 0.4) is 0 Å². The lowest BCUT2D eigenvalue weighted by molar-refractivity contribution is -0.139. The maximum Gasteiger partial charge on any atom is 0.416 e. The minimum atomic E-state index is -4.74. The third-order valence-electron chi connectivity index (χ3n) is 6.11. The molecule has 0 fully saturated rings. The molecule has 3 rings (SSSR count). The number of halogens is 4. The number of sulfonamides is 1. The third-order valence-corrected chi connectivity index (χ3v) is 8.39. The number of aryl methyl sites for hydroxylation is 1. The van der Waals surface area contributed by atoms with Crippen LogP contribution in [0.5, 0.6) is 0 Å². The van der Waals surface area contributed by atoms with Crippen LogP contribution in [-0.4, -0.2) is 44.3 Å². The summed E-state index contributed by atoms with van der Waals surface area (Å²) < 4.78 is 69.5. The quantitative estimate of drug-likeness (QED) is 0.316. The Labute approximate surface area is 240 Å². The number of likely N-dealkylation sites (N-methyl/N-ethyl adjacent to an activating group) is 1. The van der Waals surface area contributed by atoms with Gasteiger partial charge in [-0.15, -0.1) is 0 Å². The molecule has 12 heteroatoms. The van der Waals surface area contributed by atoms with Crippen LogP contribution >= 0.6 is 15.9 Å². The first-order valence-corrected chi connectivity index (χ1v) is 14.6. The monoisotopic (exact) mass is 639 g/mol. The van der Waals surface area contributed by atoms with Gasteiger partial charge < -0.3 is 10.2 Å². The lowest BCUT2D eigenvalue weighted by Gasteiger charge is -2.32. The fourth-order valence-corrected chi connectivity index (χ4v) is 5.79. The van der Waals surface area contributed by atoms with Crippen molar-refractivity contribution in [3.05, 3.63) is 94.0 Å². The SMILES string of the molecule is CCNC(=O)[C@H](C)N(Cc1cccc(Br)c1)C(=O)CN(c1cccc(C(F)(F)F)c1)S(=O)(=O)c1ccc(C)cc1. The topological polar surface area (TPSA) is 86.8 Å². The zero-order valence-corrected chi connectivity index (χ0v) is 24.5. The van der Waals surface area contributed by atoms with Crippen LogP contribution in [0.25, 0.3) is 0 Å². The molecule has 3 aromatic rings. The summed E-state index contributed by atoms with van der Waals surface area (Å²) in [6.07, 6.45) is -4.74. The summed E-state index contributed by atoms with van der Waals surface area (Å²) in [7, 11) is -4.49. The molecular weight excluding hydrogens is 611 g/mol. The van der Waals surface area contributed by atoms with Crippen molar-refractivity contribution in [1.82, 2.24) is 10.2 Å². The summed E-state index contributed by atoms with van der Waals surface area (Å²) in [6, 6.07) is 15.5. The molecule has 0 saturated heterocycles. The second-order valence-corrected chi connectivity index (χ2v) is 11.9. The lowest BCUT2D eigenvalue weighted by Crippen LogP contribution is -2.51. The predicted octanol–water partition coefficient (Wildman–Crippen LogP) is 5.53. The largest absolute Gasteiger partial charge is 0.416 e. The summed E-state index contributed by atoms with van der Waals surface area (Å²) in [6.45, 7) is 4.40. The van der Waals surface area contributed by atoms with Gasteiger partial charge in [0.1, 0.15) is 12.6 Å². The van der Waals surface area contributed by atoms with Gasteiger partial charge in [0.2, 0.25) is 11.8 Å². The Balaban J connectivity index is 2.09. The van der Waals surface area contributed by atoms with Gasteiger partial charge >= 0.3 is 6.18 Å². The maximum absolute atomic E-state index is 13.8. The van der Waals surface area contributed by atoms with E-state index in [4.69, 9.17) is 0 Å². The Morgan fingerprint density at radius 1 is 1.00 bits per heavy atom. The van der Waals surface area contributed by atoms with Crippen LogP contribution in [-0.2, 0) is 32.3 Å². The van der Waals surface area contributed by atoms with Crippen LogP contribution < -0.4 is 9.62 Å². The highest BCUT2D eigenvalue weighted by Gasteiger charge is 2.35. The van der Waals surface area contributed by atoms with Crippen LogP contribution in [0.1, 0.15) is 30.5 Å². The molecule has 7 nitrogen and oxygen atoms in total. The average Bonchev–Trinajstić information content (AvgIpc) is 2.89. The fraction of sp³-hybridized carbons (Fsp3) is 0.286. The molecule has 0 heterocycles. The molecule has 0 spiro atoms. The molecule has 0 aliphatic rings. The minimum absolute atomic E-state index is 0.0441. The van der Waals surface area contributed by atoms with Gasteiger partial charge in [0.25, 0.3) is 10.0 Å². The summed E-state index contributed by atoms with van der Waals surface area (Å²) in [5.41, 5.74) is 0.0301. The van der Waals surface area contributed by atoms with Gasteiger partial charge in [-0.2, -0.15) is 13.2 Å². The Hall–Kier alpha value is -3.38. The van der Waals surface area contributed by atoms with Crippen molar-refractivity contribution in [2.75, 3.05) is 17.4 Å². The summed E-state index contributed by atoms with van der Waals surface area (Å²) >= 11 is 3.37. The molecule has 0 unspecified atom stereocenters. The number of carbonyl (C=O) groups is 2. The van der Waals surface area contributed by atoms with Crippen molar-refractivity contribution in [2.45, 2.75) is 44.4 Å². The van der Waals surface area contributed by atoms with Gasteiger partial charge in [0.05, 0.1) is 16.1 Å². The van der Waals surface area contributed by atoms with Gasteiger partial charge in [-0.05, 0) is 68.8 Å². The number of anilines is 1. The van der Waals surface area contributed by atoms with E-state index in [0.717, 1.165) is 22.2 Å². The van der Waals surface area contributed by atoms with Gasteiger partial charge in [-0.3, -0.25) is 13.9 Å². The molecule has 1 N–H and O–H groups in total. The van der Waals surface area contributed by atoms with E-state index in [2.05, 4.69) is 21.2 Å². The molecule has 0 radical (unpaired) electrons. The predicted molar refractivity (Wildman–Crippen MR) is 150 cm³/mol. The van der Waals surface area contributed by atoms with Gasteiger partial charge in [-0.1, -0.05) is 51.8 Å². The molecule has 3 aromatic carbocycles. The van der Waals surface area contributed by atoms with Gasteiger partial charge in [0.15, 0.2) is 0 Å². The molecule has 1 atom stereocenters. The van der Waals surface area contributed by atoms with E-state index >= 15 is 0 Å². The number of amides is 2. The summed E-state index contributed by atoms with van der Waals surface area (Å²) in [5.74, 6) is -1.23. The molecule has 214 valence electrons. The summed E-state index contributed by atoms with van der Waals surface area (Å²) in [5, 5.41) is 2.65. The van der Waals surface area contributed by atoms with Crippen LogP contribution in [0.2, 0.25) is 0 Å². The van der Waals surface area contributed by atoms with Crippen molar-refractivity contribution in [3.8, 4) is 0 Å². The molecule has 0 aromatic heterocycles. The molecule has 0 bridgehead atoms. The van der Waals surface area contributed by atoms with E-state index in [1.807, 2.05) is 0 Å². The van der Waals surface area contributed by atoms with Crippen molar-refractivity contribution >= 4 is 43.5 Å². The van der Waals surface area contributed by atoms with Crippen molar-refractivity contribution < 1.29 is 31.2 Å². The Bertz CT molecular complexity index is 1460. The van der Waals surface area contributed by atoms with E-state index < -0.39 is 46.2 Å². The smallest absolute Gasteiger partial charge is 0.355 e. The Morgan fingerprint density at radius 2 is 1.65 bits per heavy atom. The number of benzene rings is 3. The zero-order chi connectivity index (χ0) is 29.7. The average molecular weight is 641 g/mol. The van der Waals surface area contributed by atoms with Crippen LogP contribution in [0, 0.1) is 6.92 Å². The standard InChI is InChI=1S/C28H29BrF3N3O4S/c1-4-33-27(37)20(3)34(17-21-7-5-9-23(29)15-21)26(36)18-35(24-10-6-8-22(16-24)28(30,31)32)40(38,39)25-13-11-19(2)12-14-25/h5-16,20H,4,17-18H2,1-3H3,(H,33,37)/t20-/m0/s1. The number of rotatable bonds is 10. The van der Waals surface area contributed by atoms with E-state index in [-0.39, 0.29) is 17.1 Å². The molecular formula is C28H29BrF3N3O4S. The molecule has 0 aliphatic heterocycles.